The summed E-state index contributed by atoms with van der Waals surface area (Å²) in [6.45, 7) is 2.29. The molecule has 60 valence electrons. The Morgan fingerprint density at radius 1 is 1.55 bits per heavy atom. The van der Waals surface area contributed by atoms with E-state index < -0.39 is 0 Å². The number of fused-ring (bicyclic) bond motifs is 1. The van der Waals surface area contributed by atoms with Crippen LogP contribution in [0.3, 0.4) is 0 Å². The first-order chi connectivity index (χ1) is 5.27. The normalized spacial score (nSPS) is 23.3. The number of rotatable bonds is 0. The van der Waals surface area contributed by atoms with Gasteiger partial charge in [0.2, 0.25) is 0 Å². The van der Waals surface area contributed by atoms with E-state index in [4.69, 9.17) is 0 Å². The molecule has 1 aliphatic rings. The summed E-state index contributed by atoms with van der Waals surface area (Å²) in [6, 6.07) is 0. The van der Waals surface area contributed by atoms with E-state index in [2.05, 4.69) is 17.2 Å². The van der Waals surface area contributed by atoms with E-state index in [9.17, 15) is 0 Å². The summed E-state index contributed by atoms with van der Waals surface area (Å²) in [6.07, 6.45) is 3.54. The highest BCUT2D eigenvalue weighted by Gasteiger charge is 2.19. The minimum absolute atomic E-state index is 0.805. The summed E-state index contributed by atoms with van der Waals surface area (Å²) in [4.78, 5) is 0. The summed E-state index contributed by atoms with van der Waals surface area (Å²) in [5.41, 5.74) is 2.55. The highest BCUT2D eigenvalue weighted by Crippen LogP contribution is 2.22. The van der Waals surface area contributed by atoms with Gasteiger partial charge in [0, 0.05) is 7.05 Å². The number of hydrogen-bond donors (Lipinski definition) is 0. The smallest absolute Gasteiger partial charge is 0.0859 e. The lowest BCUT2D eigenvalue weighted by Crippen LogP contribution is -2.13. The third kappa shape index (κ3) is 1.04. The first-order valence-electron chi connectivity index (χ1n) is 4.15. The molecule has 0 spiro atoms. The van der Waals surface area contributed by atoms with Crippen molar-refractivity contribution < 1.29 is 0 Å². The zero-order valence-electron chi connectivity index (χ0n) is 7.04. The molecular formula is C8H13N3. The Labute approximate surface area is 66.4 Å². The van der Waals surface area contributed by atoms with Crippen molar-refractivity contribution in [2.75, 3.05) is 0 Å². The SMILES string of the molecule is CC1CCc2nnn(C)c2C1. The Kier molecular flexibility index (Phi) is 1.44. The molecule has 0 saturated carbocycles. The van der Waals surface area contributed by atoms with E-state index in [0.717, 1.165) is 18.8 Å². The van der Waals surface area contributed by atoms with Crippen molar-refractivity contribution in [3.63, 3.8) is 0 Å². The second-order valence-corrected chi connectivity index (χ2v) is 3.45. The quantitative estimate of drug-likeness (QED) is 0.552. The van der Waals surface area contributed by atoms with Crippen molar-refractivity contribution in [3.05, 3.63) is 11.4 Å². The number of hydrogen-bond acceptors (Lipinski definition) is 2. The molecule has 0 fully saturated rings. The molecule has 2 rings (SSSR count). The van der Waals surface area contributed by atoms with Gasteiger partial charge in [0.15, 0.2) is 0 Å². The largest absolute Gasteiger partial charge is 0.252 e. The fraction of sp³-hybridized carbons (Fsp3) is 0.750. The van der Waals surface area contributed by atoms with Crippen LogP contribution < -0.4 is 0 Å². The maximum atomic E-state index is 4.10. The first kappa shape index (κ1) is 6.83. The topological polar surface area (TPSA) is 30.7 Å². The van der Waals surface area contributed by atoms with Crippen LogP contribution in [0.15, 0.2) is 0 Å². The summed E-state index contributed by atoms with van der Waals surface area (Å²) in [5, 5.41) is 8.10. The number of aryl methyl sites for hydroxylation is 2. The van der Waals surface area contributed by atoms with Crippen molar-refractivity contribution in [2.45, 2.75) is 26.2 Å². The molecule has 0 N–H and O–H groups in total. The molecule has 1 aromatic rings. The van der Waals surface area contributed by atoms with Gasteiger partial charge in [-0.3, -0.25) is 4.68 Å². The highest BCUT2D eigenvalue weighted by atomic mass is 15.4. The van der Waals surface area contributed by atoms with Crippen LogP contribution in [-0.4, -0.2) is 15.0 Å². The third-order valence-corrected chi connectivity index (χ3v) is 2.44. The van der Waals surface area contributed by atoms with Gasteiger partial charge in [-0.25, -0.2) is 0 Å². The molecule has 3 nitrogen and oxygen atoms in total. The van der Waals surface area contributed by atoms with Gasteiger partial charge in [0.05, 0.1) is 11.4 Å². The molecule has 11 heavy (non-hydrogen) atoms. The van der Waals surface area contributed by atoms with E-state index in [1.54, 1.807) is 0 Å². The molecule has 3 heteroatoms. The van der Waals surface area contributed by atoms with Crippen molar-refractivity contribution in [3.8, 4) is 0 Å². The van der Waals surface area contributed by atoms with Crippen LogP contribution >= 0.6 is 0 Å². The van der Waals surface area contributed by atoms with Gasteiger partial charge in [0.25, 0.3) is 0 Å². The van der Waals surface area contributed by atoms with Crippen LogP contribution in [-0.2, 0) is 19.9 Å². The number of nitrogens with zero attached hydrogens (tertiary/aromatic N) is 3. The predicted octanol–water partition coefficient (Wildman–Crippen LogP) is 0.940. The maximum absolute atomic E-state index is 4.10. The van der Waals surface area contributed by atoms with Gasteiger partial charge in [-0.05, 0) is 25.2 Å². The van der Waals surface area contributed by atoms with Crippen LogP contribution in [0.1, 0.15) is 24.7 Å². The minimum Gasteiger partial charge on any atom is -0.252 e. The third-order valence-electron chi connectivity index (χ3n) is 2.44. The van der Waals surface area contributed by atoms with Crippen molar-refractivity contribution in [1.82, 2.24) is 15.0 Å². The highest BCUT2D eigenvalue weighted by molar-refractivity contribution is 5.13. The maximum Gasteiger partial charge on any atom is 0.0859 e. The summed E-state index contributed by atoms with van der Waals surface area (Å²) < 4.78 is 1.91. The molecule has 0 bridgehead atoms. The van der Waals surface area contributed by atoms with E-state index in [1.165, 1.54) is 17.8 Å². The van der Waals surface area contributed by atoms with Crippen LogP contribution in [0.2, 0.25) is 0 Å². The second-order valence-electron chi connectivity index (χ2n) is 3.45. The fourth-order valence-electron chi connectivity index (χ4n) is 1.68. The molecule has 1 unspecified atom stereocenters. The van der Waals surface area contributed by atoms with Gasteiger partial charge >= 0.3 is 0 Å². The van der Waals surface area contributed by atoms with Crippen LogP contribution in [0.4, 0.5) is 0 Å². The summed E-state index contributed by atoms with van der Waals surface area (Å²) in [7, 11) is 1.98. The van der Waals surface area contributed by atoms with Gasteiger partial charge in [-0.2, -0.15) is 0 Å². The van der Waals surface area contributed by atoms with Crippen LogP contribution in [0.5, 0.6) is 0 Å². The molecule has 0 aliphatic heterocycles. The minimum atomic E-state index is 0.805. The molecule has 1 atom stereocenters. The molecule has 1 aromatic heterocycles. The Morgan fingerprint density at radius 3 is 3.18 bits per heavy atom. The molecule has 0 saturated heterocycles. The average Bonchev–Trinajstić information content (AvgIpc) is 2.33. The summed E-state index contributed by atoms with van der Waals surface area (Å²) in [5.74, 6) is 0.805. The van der Waals surface area contributed by atoms with E-state index in [-0.39, 0.29) is 0 Å². The second kappa shape index (κ2) is 2.32. The monoisotopic (exact) mass is 151 g/mol. The zero-order valence-corrected chi connectivity index (χ0v) is 7.04. The predicted molar refractivity (Wildman–Crippen MR) is 42.2 cm³/mol. The van der Waals surface area contributed by atoms with E-state index in [0.29, 0.717) is 0 Å². The van der Waals surface area contributed by atoms with Gasteiger partial charge in [0.1, 0.15) is 0 Å². The Hall–Kier alpha value is -0.860. The molecule has 1 aliphatic carbocycles. The Balaban J connectivity index is 2.37. The molecule has 0 radical (unpaired) electrons. The van der Waals surface area contributed by atoms with Crippen LogP contribution in [0, 0.1) is 5.92 Å². The first-order valence-corrected chi connectivity index (χ1v) is 4.15. The van der Waals surface area contributed by atoms with Gasteiger partial charge in [-0.15, -0.1) is 5.10 Å². The molecule has 1 heterocycles. The van der Waals surface area contributed by atoms with E-state index in [1.807, 2.05) is 11.7 Å². The lowest BCUT2D eigenvalue weighted by Gasteiger charge is -2.16. The van der Waals surface area contributed by atoms with Gasteiger partial charge < -0.3 is 0 Å². The zero-order chi connectivity index (χ0) is 7.84. The molecule has 0 amide bonds. The summed E-state index contributed by atoms with van der Waals surface area (Å²) >= 11 is 0. The van der Waals surface area contributed by atoms with Crippen molar-refractivity contribution in [1.29, 1.82) is 0 Å². The number of aromatic nitrogens is 3. The fourth-order valence-corrected chi connectivity index (χ4v) is 1.68. The van der Waals surface area contributed by atoms with E-state index >= 15 is 0 Å². The lowest BCUT2D eigenvalue weighted by molar-refractivity contribution is 0.479. The van der Waals surface area contributed by atoms with Gasteiger partial charge in [-0.1, -0.05) is 12.1 Å². The lowest BCUT2D eigenvalue weighted by atomic mass is 9.91. The standard InChI is InChI=1S/C8H13N3/c1-6-3-4-7-8(5-6)11(2)10-9-7/h6H,3-5H2,1-2H3. The molecular weight excluding hydrogens is 138 g/mol. The average molecular weight is 151 g/mol. The Bertz CT molecular complexity index is 264. The van der Waals surface area contributed by atoms with Crippen molar-refractivity contribution >= 4 is 0 Å². The Morgan fingerprint density at radius 2 is 2.36 bits per heavy atom. The van der Waals surface area contributed by atoms with Crippen molar-refractivity contribution in [2.24, 2.45) is 13.0 Å². The molecule has 0 aromatic carbocycles. The van der Waals surface area contributed by atoms with Crippen LogP contribution in [0.25, 0.3) is 0 Å².